The van der Waals surface area contributed by atoms with E-state index in [4.69, 9.17) is 4.74 Å². The van der Waals surface area contributed by atoms with E-state index < -0.39 is 26.8 Å². The van der Waals surface area contributed by atoms with Crippen LogP contribution < -0.4 is 8.92 Å². The third-order valence-corrected chi connectivity index (χ3v) is 8.07. The van der Waals surface area contributed by atoms with E-state index in [9.17, 15) is 26.9 Å². The van der Waals surface area contributed by atoms with Crippen molar-refractivity contribution >= 4 is 10.1 Å². The molecule has 0 unspecified atom stereocenters. The zero-order valence-corrected chi connectivity index (χ0v) is 20.7. The van der Waals surface area contributed by atoms with E-state index in [-0.39, 0.29) is 18.3 Å². The highest BCUT2D eigenvalue weighted by molar-refractivity contribution is 7.88. The molecule has 0 bridgehead atoms. The lowest BCUT2D eigenvalue weighted by atomic mass is 9.74. The smallest absolute Gasteiger partial charge is 0.489 e. The summed E-state index contributed by atoms with van der Waals surface area (Å²) in [5.74, 6) is -0.371. The molecule has 0 atom stereocenters. The third kappa shape index (κ3) is 5.95. The summed E-state index contributed by atoms with van der Waals surface area (Å²) in [5.41, 5.74) is -4.66. The number of rotatable bonds is 8. The van der Waals surface area contributed by atoms with Crippen LogP contribution in [-0.2, 0) is 22.1 Å². The second-order valence-electron chi connectivity index (χ2n) is 9.56. The average Bonchev–Trinajstić information content (AvgIpc) is 3.38. The molecule has 0 amide bonds. The zero-order chi connectivity index (χ0) is 25.8. The fraction of sp³-hybridized carbons (Fsp3) is 0.500. The first-order chi connectivity index (χ1) is 17.1. The van der Waals surface area contributed by atoms with E-state index in [1.807, 2.05) is 30.3 Å². The summed E-state index contributed by atoms with van der Waals surface area (Å²) in [4.78, 5) is 2.26. The van der Waals surface area contributed by atoms with Gasteiger partial charge in [0.05, 0.1) is 18.1 Å². The molecule has 1 saturated carbocycles. The molecule has 1 aliphatic carbocycles. The summed E-state index contributed by atoms with van der Waals surface area (Å²) in [7, 11) is -5.86. The van der Waals surface area contributed by atoms with Gasteiger partial charge in [0, 0.05) is 19.6 Å². The van der Waals surface area contributed by atoms with Gasteiger partial charge in [-0.1, -0.05) is 49.2 Å². The molecule has 2 aliphatic rings. The van der Waals surface area contributed by atoms with Crippen LogP contribution in [-0.4, -0.2) is 38.5 Å². The van der Waals surface area contributed by atoms with Crippen LogP contribution in [0.15, 0.2) is 48.5 Å². The fourth-order valence-corrected chi connectivity index (χ4v) is 5.41. The van der Waals surface area contributed by atoms with Crippen LogP contribution in [0.3, 0.4) is 0 Å². The Labute approximate surface area is 209 Å². The Morgan fingerprint density at radius 3 is 2.31 bits per heavy atom. The molecule has 0 aromatic heterocycles. The van der Waals surface area contributed by atoms with Crippen LogP contribution in [0.5, 0.6) is 11.5 Å². The predicted molar refractivity (Wildman–Crippen MR) is 128 cm³/mol. The van der Waals surface area contributed by atoms with Crippen molar-refractivity contribution in [1.29, 1.82) is 5.26 Å². The molecule has 6 nitrogen and oxygen atoms in total. The zero-order valence-electron chi connectivity index (χ0n) is 19.8. The van der Waals surface area contributed by atoms with Gasteiger partial charge in [-0.15, -0.1) is 0 Å². The minimum Gasteiger partial charge on any atom is -0.489 e. The van der Waals surface area contributed by atoms with Gasteiger partial charge in [-0.3, -0.25) is 4.90 Å². The lowest BCUT2D eigenvalue weighted by Gasteiger charge is -2.38. The number of nitrogens with zero attached hydrogens (tertiary/aromatic N) is 2. The topological polar surface area (TPSA) is 79.6 Å². The molecule has 2 aromatic carbocycles. The SMILES string of the molecule is N#CC1(c2ccc(OS(=O)(=O)C(F)(F)F)c(OCC3CCCC3)c2)CCN(Cc2ccccc2)CC1. The Hall–Kier alpha value is -2.77. The summed E-state index contributed by atoms with van der Waals surface area (Å²) in [6.45, 7) is 2.35. The molecule has 1 aliphatic heterocycles. The maximum Gasteiger partial charge on any atom is 0.534 e. The monoisotopic (exact) mass is 522 g/mol. The molecule has 0 N–H and O–H groups in total. The lowest BCUT2D eigenvalue weighted by Crippen LogP contribution is -2.41. The predicted octanol–water partition coefficient (Wildman–Crippen LogP) is 5.54. The van der Waals surface area contributed by atoms with Gasteiger partial charge in [0.2, 0.25) is 0 Å². The standard InChI is InChI=1S/C26H29F3N2O4S/c27-26(28,29)36(32,33)35-23-11-10-22(16-24(23)34-18-21-8-4-5-9-21)25(19-30)12-14-31(15-13-25)17-20-6-2-1-3-7-20/h1-3,6-7,10-11,16,21H,4-5,8-9,12-15,17-18H2. The number of nitriles is 1. The van der Waals surface area contributed by atoms with E-state index >= 15 is 0 Å². The van der Waals surface area contributed by atoms with Crippen LogP contribution in [0, 0.1) is 17.2 Å². The molecular weight excluding hydrogens is 493 g/mol. The quantitative estimate of drug-likeness (QED) is 0.335. The average molecular weight is 523 g/mol. The number of alkyl halides is 3. The molecule has 2 aromatic rings. The number of hydrogen-bond acceptors (Lipinski definition) is 6. The van der Waals surface area contributed by atoms with Crippen LogP contribution >= 0.6 is 0 Å². The van der Waals surface area contributed by atoms with Gasteiger partial charge in [0.25, 0.3) is 0 Å². The maximum atomic E-state index is 13.0. The van der Waals surface area contributed by atoms with Gasteiger partial charge in [-0.05, 0) is 54.9 Å². The first kappa shape index (κ1) is 26.3. The van der Waals surface area contributed by atoms with Crippen LogP contribution in [0.25, 0.3) is 0 Å². The third-order valence-electron chi connectivity index (χ3n) is 7.10. The van der Waals surface area contributed by atoms with E-state index in [0.29, 0.717) is 31.5 Å². The van der Waals surface area contributed by atoms with Crippen molar-refractivity contribution in [3.8, 4) is 17.6 Å². The van der Waals surface area contributed by atoms with Crippen LogP contribution in [0.2, 0.25) is 0 Å². The van der Waals surface area contributed by atoms with Crippen molar-refractivity contribution in [3.05, 3.63) is 59.7 Å². The minimum atomic E-state index is -5.86. The molecule has 1 saturated heterocycles. The first-order valence-electron chi connectivity index (χ1n) is 12.1. The van der Waals surface area contributed by atoms with Crippen molar-refractivity contribution in [1.82, 2.24) is 4.90 Å². The molecule has 36 heavy (non-hydrogen) atoms. The largest absolute Gasteiger partial charge is 0.534 e. The fourth-order valence-electron chi connectivity index (χ4n) is 4.94. The van der Waals surface area contributed by atoms with Crippen LogP contribution in [0.1, 0.15) is 49.7 Å². The molecule has 10 heteroatoms. The molecule has 0 radical (unpaired) electrons. The summed E-state index contributed by atoms with van der Waals surface area (Å²) < 4.78 is 72.5. The molecule has 2 fully saturated rings. The Morgan fingerprint density at radius 1 is 1.03 bits per heavy atom. The van der Waals surface area contributed by atoms with Gasteiger partial charge in [0.1, 0.15) is 0 Å². The summed E-state index contributed by atoms with van der Waals surface area (Å²) in [6.07, 6.45) is 5.04. The Kier molecular flexibility index (Phi) is 7.81. The number of likely N-dealkylation sites (tertiary alicyclic amines) is 1. The number of benzene rings is 2. The number of ether oxygens (including phenoxy) is 1. The van der Waals surface area contributed by atoms with Crippen molar-refractivity contribution in [2.45, 2.75) is 56.0 Å². The van der Waals surface area contributed by atoms with E-state index in [1.165, 1.54) is 17.7 Å². The Balaban J connectivity index is 1.55. The maximum absolute atomic E-state index is 13.0. The first-order valence-corrected chi connectivity index (χ1v) is 13.5. The van der Waals surface area contributed by atoms with Crippen molar-refractivity contribution in [2.24, 2.45) is 5.92 Å². The molecular formula is C26H29F3N2O4S. The summed E-state index contributed by atoms with van der Waals surface area (Å²) in [6, 6.07) is 16.5. The van der Waals surface area contributed by atoms with Gasteiger partial charge in [0.15, 0.2) is 11.5 Å². The van der Waals surface area contributed by atoms with Gasteiger partial charge in [-0.2, -0.15) is 26.9 Å². The highest BCUT2D eigenvalue weighted by Crippen LogP contribution is 2.41. The number of hydrogen-bond donors (Lipinski definition) is 0. The van der Waals surface area contributed by atoms with E-state index in [1.54, 1.807) is 0 Å². The highest BCUT2D eigenvalue weighted by Gasteiger charge is 2.49. The minimum absolute atomic E-state index is 0.0893. The highest BCUT2D eigenvalue weighted by atomic mass is 32.2. The molecule has 194 valence electrons. The van der Waals surface area contributed by atoms with Crippen molar-refractivity contribution in [3.63, 3.8) is 0 Å². The number of piperidine rings is 1. The van der Waals surface area contributed by atoms with Gasteiger partial charge < -0.3 is 8.92 Å². The van der Waals surface area contributed by atoms with Crippen LogP contribution in [0.4, 0.5) is 13.2 Å². The van der Waals surface area contributed by atoms with Gasteiger partial charge >= 0.3 is 15.6 Å². The molecule has 1 heterocycles. The Bertz CT molecular complexity index is 1180. The Morgan fingerprint density at radius 2 is 1.69 bits per heavy atom. The second kappa shape index (κ2) is 10.7. The van der Waals surface area contributed by atoms with Gasteiger partial charge in [-0.25, -0.2) is 0 Å². The second-order valence-corrected chi connectivity index (χ2v) is 11.1. The summed E-state index contributed by atoms with van der Waals surface area (Å²) in [5, 5.41) is 10.1. The molecule has 0 spiro atoms. The van der Waals surface area contributed by atoms with Crippen molar-refractivity contribution in [2.75, 3.05) is 19.7 Å². The van der Waals surface area contributed by atoms with Crippen molar-refractivity contribution < 1.29 is 30.5 Å². The molecule has 4 rings (SSSR count). The van der Waals surface area contributed by atoms with E-state index in [0.717, 1.165) is 38.3 Å². The summed E-state index contributed by atoms with van der Waals surface area (Å²) >= 11 is 0. The normalized spacial score (nSPS) is 19.1. The number of halogens is 3. The van der Waals surface area contributed by atoms with E-state index in [2.05, 4.69) is 15.2 Å². The lowest BCUT2D eigenvalue weighted by molar-refractivity contribution is -0.0500.